The molecule has 0 radical (unpaired) electrons. The van der Waals surface area contributed by atoms with Gasteiger partial charge in [0.25, 0.3) is 5.56 Å². The number of amides is 1. The zero-order chi connectivity index (χ0) is 21.1. The summed E-state index contributed by atoms with van der Waals surface area (Å²) in [6.07, 6.45) is 1.46. The maximum absolute atomic E-state index is 13.0. The van der Waals surface area contributed by atoms with Crippen molar-refractivity contribution in [2.45, 2.75) is 26.4 Å². The van der Waals surface area contributed by atoms with Gasteiger partial charge in [-0.2, -0.15) is 0 Å². The van der Waals surface area contributed by atoms with Crippen molar-refractivity contribution in [3.8, 4) is 10.4 Å². The van der Waals surface area contributed by atoms with Gasteiger partial charge in [-0.3, -0.25) is 14.2 Å². The highest BCUT2D eigenvalue weighted by atomic mass is 32.1. The lowest BCUT2D eigenvalue weighted by atomic mass is 9.96. The Labute approximate surface area is 179 Å². The first-order chi connectivity index (χ1) is 14.5. The van der Waals surface area contributed by atoms with Crippen LogP contribution in [0.1, 0.15) is 25.5 Å². The number of nitrogens with one attached hydrogen (secondary N) is 1. The summed E-state index contributed by atoms with van der Waals surface area (Å²) in [5.74, 6) is 0.0139. The fraction of sp³-hybridized carbons (Fsp3) is 0.208. The molecule has 2 aromatic heterocycles. The van der Waals surface area contributed by atoms with Crippen LogP contribution in [0.4, 0.5) is 0 Å². The minimum atomic E-state index is -0.208. The highest BCUT2D eigenvalue weighted by Crippen LogP contribution is 2.30. The number of nitrogens with zero attached hydrogens (tertiary/aromatic N) is 2. The number of hydrogen-bond donors (Lipinski definition) is 1. The average molecular weight is 418 g/mol. The summed E-state index contributed by atoms with van der Waals surface area (Å²) < 4.78 is 1.94. The lowest BCUT2D eigenvalue weighted by Gasteiger charge is -2.23. The first-order valence-corrected chi connectivity index (χ1v) is 10.7. The molecule has 2 aromatic carbocycles. The molecule has 4 rings (SSSR count). The number of hydrogen-bond acceptors (Lipinski definition) is 4. The third-order valence-corrected chi connectivity index (χ3v) is 6.18. The lowest BCUT2D eigenvalue weighted by Crippen LogP contribution is -2.36. The number of aromatic nitrogens is 2. The van der Waals surface area contributed by atoms with Gasteiger partial charge >= 0.3 is 0 Å². The molecule has 152 valence electrons. The van der Waals surface area contributed by atoms with Gasteiger partial charge in [-0.25, -0.2) is 4.98 Å². The molecule has 1 atom stereocenters. The molecule has 4 aromatic rings. The Hall–Kier alpha value is -3.25. The summed E-state index contributed by atoms with van der Waals surface area (Å²) in [6.45, 7) is 4.07. The SMILES string of the molecule is CC(C)[C@H](NC(=O)Cn1cnc2cc(-c3ccccc3)sc2c1=O)c1ccccc1. The zero-order valence-electron chi connectivity index (χ0n) is 16.9. The number of benzene rings is 2. The van der Waals surface area contributed by atoms with Gasteiger partial charge in [-0.05, 0) is 23.1 Å². The molecule has 1 N–H and O–H groups in total. The van der Waals surface area contributed by atoms with Crippen LogP contribution in [0.5, 0.6) is 0 Å². The average Bonchev–Trinajstić information content (AvgIpc) is 3.20. The quantitative estimate of drug-likeness (QED) is 0.497. The molecule has 0 aliphatic rings. The minimum absolute atomic E-state index is 0.0591. The normalized spacial score (nSPS) is 12.2. The Kier molecular flexibility index (Phi) is 5.77. The third-order valence-electron chi connectivity index (χ3n) is 5.02. The Balaban J connectivity index is 1.57. The van der Waals surface area contributed by atoms with E-state index in [1.807, 2.05) is 66.7 Å². The van der Waals surface area contributed by atoms with Crippen molar-refractivity contribution in [2.75, 3.05) is 0 Å². The van der Waals surface area contributed by atoms with Crippen molar-refractivity contribution in [1.29, 1.82) is 0 Å². The molecule has 6 heteroatoms. The van der Waals surface area contributed by atoms with E-state index in [1.54, 1.807) is 0 Å². The van der Waals surface area contributed by atoms with Crippen LogP contribution >= 0.6 is 11.3 Å². The van der Waals surface area contributed by atoms with Gasteiger partial charge in [0, 0.05) is 4.88 Å². The second kappa shape index (κ2) is 8.63. The van der Waals surface area contributed by atoms with Gasteiger partial charge in [0.1, 0.15) is 11.2 Å². The molecule has 1 amide bonds. The summed E-state index contributed by atoms with van der Waals surface area (Å²) in [5.41, 5.74) is 2.56. The van der Waals surface area contributed by atoms with Gasteiger partial charge < -0.3 is 5.32 Å². The highest BCUT2D eigenvalue weighted by molar-refractivity contribution is 7.22. The van der Waals surface area contributed by atoms with E-state index in [0.29, 0.717) is 10.2 Å². The van der Waals surface area contributed by atoms with Gasteiger partial charge in [-0.15, -0.1) is 11.3 Å². The zero-order valence-corrected chi connectivity index (χ0v) is 17.7. The summed E-state index contributed by atoms with van der Waals surface area (Å²) in [7, 11) is 0. The molecular weight excluding hydrogens is 394 g/mol. The van der Waals surface area contributed by atoms with Crippen LogP contribution in [-0.4, -0.2) is 15.5 Å². The minimum Gasteiger partial charge on any atom is -0.347 e. The molecule has 0 unspecified atom stereocenters. The molecule has 0 aliphatic heterocycles. The molecule has 30 heavy (non-hydrogen) atoms. The van der Waals surface area contributed by atoms with Crippen LogP contribution < -0.4 is 10.9 Å². The fourth-order valence-electron chi connectivity index (χ4n) is 3.47. The Morgan fingerprint density at radius 2 is 1.73 bits per heavy atom. The van der Waals surface area contributed by atoms with Crippen LogP contribution in [0.2, 0.25) is 0 Å². The van der Waals surface area contributed by atoms with Crippen molar-refractivity contribution in [1.82, 2.24) is 14.9 Å². The summed E-state index contributed by atoms with van der Waals surface area (Å²) in [6, 6.07) is 21.6. The maximum Gasteiger partial charge on any atom is 0.271 e. The Morgan fingerprint density at radius 1 is 1.07 bits per heavy atom. The molecule has 0 bridgehead atoms. The van der Waals surface area contributed by atoms with Gasteiger partial charge in [0.15, 0.2) is 0 Å². The van der Waals surface area contributed by atoms with Crippen molar-refractivity contribution in [3.63, 3.8) is 0 Å². The van der Waals surface area contributed by atoms with E-state index in [1.165, 1.54) is 22.2 Å². The van der Waals surface area contributed by atoms with E-state index < -0.39 is 0 Å². The monoisotopic (exact) mass is 417 g/mol. The van der Waals surface area contributed by atoms with Crippen LogP contribution in [0.15, 0.2) is 77.9 Å². The van der Waals surface area contributed by atoms with Crippen molar-refractivity contribution in [2.24, 2.45) is 5.92 Å². The maximum atomic E-state index is 13.0. The second-order valence-electron chi connectivity index (χ2n) is 7.57. The number of rotatable bonds is 6. The van der Waals surface area contributed by atoms with Gasteiger partial charge in [0.05, 0.1) is 17.9 Å². The smallest absolute Gasteiger partial charge is 0.271 e. The van der Waals surface area contributed by atoms with Crippen LogP contribution in [0, 0.1) is 5.92 Å². The first-order valence-electron chi connectivity index (χ1n) is 9.91. The lowest BCUT2D eigenvalue weighted by molar-refractivity contribution is -0.122. The largest absolute Gasteiger partial charge is 0.347 e. The molecule has 5 nitrogen and oxygen atoms in total. The van der Waals surface area contributed by atoms with E-state index in [2.05, 4.69) is 24.1 Å². The summed E-state index contributed by atoms with van der Waals surface area (Å²) >= 11 is 1.41. The predicted molar refractivity (Wildman–Crippen MR) is 121 cm³/mol. The van der Waals surface area contributed by atoms with Crippen LogP contribution in [-0.2, 0) is 11.3 Å². The van der Waals surface area contributed by atoms with E-state index >= 15 is 0 Å². The van der Waals surface area contributed by atoms with E-state index in [-0.39, 0.29) is 30.0 Å². The molecular formula is C24H23N3O2S. The van der Waals surface area contributed by atoms with Gasteiger partial charge in [-0.1, -0.05) is 74.5 Å². The van der Waals surface area contributed by atoms with Gasteiger partial charge in [0.2, 0.25) is 5.91 Å². The fourth-order valence-corrected chi connectivity index (χ4v) is 4.54. The molecule has 0 spiro atoms. The topological polar surface area (TPSA) is 64.0 Å². The molecule has 0 saturated heterocycles. The molecule has 0 aliphatic carbocycles. The standard InChI is InChI=1S/C24H23N3O2S/c1-16(2)22(18-11-7-4-8-12-18)26-21(28)14-27-15-25-19-13-20(30-23(19)24(27)29)17-9-5-3-6-10-17/h3-13,15-16,22H,14H2,1-2H3,(H,26,28)/t22-/m0/s1. The molecule has 0 fully saturated rings. The van der Waals surface area contributed by atoms with Crippen molar-refractivity contribution < 1.29 is 4.79 Å². The predicted octanol–water partition coefficient (Wildman–Crippen LogP) is 4.64. The number of thiophene rings is 1. The van der Waals surface area contributed by atoms with Crippen molar-refractivity contribution >= 4 is 27.5 Å². The van der Waals surface area contributed by atoms with Crippen LogP contribution in [0.3, 0.4) is 0 Å². The highest BCUT2D eigenvalue weighted by Gasteiger charge is 2.19. The summed E-state index contributed by atoms with van der Waals surface area (Å²) in [5, 5.41) is 3.06. The van der Waals surface area contributed by atoms with E-state index in [4.69, 9.17) is 0 Å². The number of fused-ring (bicyclic) bond motifs is 1. The molecule has 0 saturated carbocycles. The summed E-state index contributed by atoms with van der Waals surface area (Å²) in [4.78, 5) is 31.1. The number of carbonyl (C=O) groups is 1. The number of carbonyl (C=O) groups excluding carboxylic acids is 1. The van der Waals surface area contributed by atoms with Crippen molar-refractivity contribution in [3.05, 3.63) is 89.0 Å². The first kappa shape index (κ1) is 20.0. The van der Waals surface area contributed by atoms with E-state index in [0.717, 1.165) is 16.0 Å². The second-order valence-corrected chi connectivity index (χ2v) is 8.62. The van der Waals surface area contributed by atoms with E-state index in [9.17, 15) is 9.59 Å². The third kappa shape index (κ3) is 4.19. The van der Waals surface area contributed by atoms with Crippen LogP contribution in [0.25, 0.3) is 20.7 Å². The Morgan fingerprint density at radius 3 is 2.40 bits per heavy atom. The Bertz CT molecular complexity index is 1210. The molecule has 2 heterocycles.